The molecule has 0 saturated heterocycles. The van der Waals surface area contributed by atoms with Crippen molar-refractivity contribution in [2.24, 2.45) is 5.92 Å². The molecule has 1 aromatic heterocycles. The molecule has 0 amide bonds. The number of aromatic amines is 1. The number of H-pyrrole nitrogens is 1. The Labute approximate surface area is 95.3 Å². The van der Waals surface area contributed by atoms with Gasteiger partial charge in [0.05, 0.1) is 11.0 Å². The first kappa shape index (κ1) is 9.70. The summed E-state index contributed by atoms with van der Waals surface area (Å²) >= 11 is 0. The van der Waals surface area contributed by atoms with Crippen molar-refractivity contribution in [2.45, 2.75) is 25.7 Å². The highest BCUT2D eigenvalue weighted by atomic mass is 15.1. The molecule has 0 unspecified atom stereocenters. The lowest BCUT2D eigenvalue weighted by Gasteiger charge is -2.08. The number of benzene rings is 1. The molecule has 1 saturated carbocycles. The van der Waals surface area contributed by atoms with E-state index in [-0.39, 0.29) is 0 Å². The van der Waals surface area contributed by atoms with Gasteiger partial charge in [-0.25, -0.2) is 4.98 Å². The molecule has 1 aliphatic rings. The molecule has 1 heterocycles. The second-order valence-electron chi connectivity index (χ2n) is 4.63. The van der Waals surface area contributed by atoms with Gasteiger partial charge in [0.2, 0.25) is 5.95 Å². The second kappa shape index (κ2) is 4.16. The van der Waals surface area contributed by atoms with Crippen molar-refractivity contribution in [1.29, 1.82) is 0 Å². The predicted molar refractivity (Wildman–Crippen MR) is 66.5 cm³/mol. The summed E-state index contributed by atoms with van der Waals surface area (Å²) in [4.78, 5) is 7.80. The summed E-state index contributed by atoms with van der Waals surface area (Å²) in [5, 5.41) is 3.41. The van der Waals surface area contributed by atoms with E-state index in [0.717, 1.165) is 29.4 Å². The van der Waals surface area contributed by atoms with Gasteiger partial charge in [-0.2, -0.15) is 0 Å². The smallest absolute Gasteiger partial charge is 0.201 e. The fraction of sp³-hybridized carbons (Fsp3) is 0.462. The van der Waals surface area contributed by atoms with E-state index >= 15 is 0 Å². The highest BCUT2D eigenvalue weighted by Gasteiger charge is 2.14. The maximum absolute atomic E-state index is 4.51. The number of imidazole rings is 1. The second-order valence-corrected chi connectivity index (χ2v) is 4.63. The first-order valence-electron chi connectivity index (χ1n) is 6.10. The van der Waals surface area contributed by atoms with Gasteiger partial charge in [0.15, 0.2) is 0 Å². The van der Waals surface area contributed by atoms with Gasteiger partial charge < -0.3 is 10.3 Å². The van der Waals surface area contributed by atoms with E-state index in [9.17, 15) is 0 Å². The van der Waals surface area contributed by atoms with Gasteiger partial charge in [0.25, 0.3) is 0 Å². The minimum atomic E-state index is 0.841. The summed E-state index contributed by atoms with van der Waals surface area (Å²) in [5.74, 6) is 1.75. The molecule has 84 valence electrons. The Morgan fingerprint density at radius 3 is 2.88 bits per heavy atom. The molecule has 0 aliphatic heterocycles. The standard InChI is InChI=1S/C13H17N3/c1-2-6-10(5-1)9-14-13-15-11-7-3-4-8-12(11)16-13/h3-4,7-8,10H,1-2,5-6,9H2,(H2,14,15,16). The Balaban J connectivity index is 1.69. The van der Waals surface area contributed by atoms with E-state index in [0.29, 0.717) is 0 Å². The molecular formula is C13H17N3. The largest absolute Gasteiger partial charge is 0.356 e. The number of fused-ring (bicyclic) bond motifs is 1. The Bertz CT molecular complexity index is 436. The zero-order valence-corrected chi connectivity index (χ0v) is 9.37. The van der Waals surface area contributed by atoms with Gasteiger partial charge in [-0.15, -0.1) is 0 Å². The van der Waals surface area contributed by atoms with Crippen molar-refractivity contribution in [3.05, 3.63) is 24.3 Å². The molecule has 3 heteroatoms. The number of nitrogens with one attached hydrogen (secondary N) is 2. The van der Waals surface area contributed by atoms with Gasteiger partial charge in [-0.3, -0.25) is 0 Å². The molecule has 1 fully saturated rings. The first-order chi connectivity index (χ1) is 7.92. The van der Waals surface area contributed by atoms with Crippen LogP contribution in [0.1, 0.15) is 25.7 Å². The average molecular weight is 215 g/mol. The first-order valence-corrected chi connectivity index (χ1v) is 6.10. The van der Waals surface area contributed by atoms with Crippen molar-refractivity contribution in [2.75, 3.05) is 11.9 Å². The minimum absolute atomic E-state index is 0.841. The zero-order valence-electron chi connectivity index (χ0n) is 9.37. The van der Waals surface area contributed by atoms with Crippen LogP contribution in [0.4, 0.5) is 5.95 Å². The van der Waals surface area contributed by atoms with Crippen molar-refractivity contribution in [1.82, 2.24) is 9.97 Å². The number of anilines is 1. The van der Waals surface area contributed by atoms with Crippen molar-refractivity contribution in [3.8, 4) is 0 Å². The Morgan fingerprint density at radius 1 is 1.25 bits per heavy atom. The fourth-order valence-electron chi connectivity index (χ4n) is 2.49. The Morgan fingerprint density at radius 2 is 2.06 bits per heavy atom. The van der Waals surface area contributed by atoms with E-state index in [1.54, 1.807) is 0 Å². The molecule has 1 aliphatic carbocycles. The fourth-order valence-corrected chi connectivity index (χ4v) is 2.49. The molecule has 0 bridgehead atoms. The molecule has 1 aromatic carbocycles. The average Bonchev–Trinajstić information content (AvgIpc) is 2.95. The van der Waals surface area contributed by atoms with Crippen molar-refractivity contribution >= 4 is 17.0 Å². The normalized spacial score (nSPS) is 17.0. The van der Waals surface area contributed by atoms with E-state index in [2.05, 4.69) is 21.4 Å². The van der Waals surface area contributed by atoms with E-state index in [1.807, 2.05) is 18.2 Å². The predicted octanol–water partition coefficient (Wildman–Crippen LogP) is 3.17. The third-order valence-electron chi connectivity index (χ3n) is 3.42. The van der Waals surface area contributed by atoms with Crippen LogP contribution in [-0.2, 0) is 0 Å². The summed E-state index contributed by atoms with van der Waals surface area (Å²) < 4.78 is 0. The topological polar surface area (TPSA) is 40.7 Å². The molecule has 3 rings (SSSR count). The maximum Gasteiger partial charge on any atom is 0.201 e. The van der Waals surface area contributed by atoms with E-state index in [1.165, 1.54) is 25.7 Å². The highest BCUT2D eigenvalue weighted by Crippen LogP contribution is 2.24. The summed E-state index contributed by atoms with van der Waals surface area (Å²) in [6, 6.07) is 8.14. The van der Waals surface area contributed by atoms with Crippen molar-refractivity contribution < 1.29 is 0 Å². The van der Waals surface area contributed by atoms with E-state index < -0.39 is 0 Å². The molecule has 0 radical (unpaired) electrons. The van der Waals surface area contributed by atoms with Crippen LogP contribution in [0.15, 0.2) is 24.3 Å². The van der Waals surface area contributed by atoms with E-state index in [4.69, 9.17) is 0 Å². The quantitative estimate of drug-likeness (QED) is 0.825. The van der Waals surface area contributed by atoms with Crippen LogP contribution < -0.4 is 5.32 Å². The van der Waals surface area contributed by atoms with Gasteiger partial charge in [-0.05, 0) is 30.9 Å². The maximum atomic E-state index is 4.51. The number of rotatable bonds is 3. The molecule has 0 spiro atoms. The summed E-state index contributed by atoms with van der Waals surface area (Å²) in [6.45, 7) is 1.06. The van der Waals surface area contributed by atoms with Crippen LogP contribution in [-0.4, -0.2) is 16.5 Å². The highest BCUT2D eigenvalue weighted by molar-refractivity contribution is 5.77. The van der Waals surface area contributed by atoms with Gasteiger partial charge in [0.1, 0.15) is 0 Å². The van der Waals surface area contributed by atoms with Crippen molar-refractivity contribution in [3.63, 3.8) is 0 Å². The summed E-state index contributed by atoms with van der Waals surface area (Å²) in [5.41, 5.74) is 2.15. The molecule has 3 nitrogen and oxygen atoms in total. The molecule has 2 aromatic rings. The zero-order chi connectivity index (χ0) is 10.8. The monoisotopic (exact) mass is 215 g/mol. The third kappa shape index (κ3) is 1.90. The Kier molecular flexibility index (Phi) is 2.52. The number of hydrogen-bond acceptors (Lipinski definition) is 2. The molecule has 16 heavy (non-hydrogen) atoms. The van der Waals surface area contributed by atoms with Crippen LogP contribution in [0.2, 0.25) is 0 Å². The summed E-state index contributed by atoms with van der Waals surface area (Å²) in [6.07, 6.45) is 5.53. The number of para-hydroxylation sites is 2. The van der Waals surface area contributed by atoms with Crippen LogP contribution in [0, 0.1) is 5.92 Å². The number of nitrogens with zero attached hydrogens (tertiary/aromatic N) is 1. The molecule has 0 atom stereocenters. The lowest BCUT2D eigenvalue weighted by Crippen LogP contribution is -2.11. The van der Waals surface area contributed by atoms with Crippen LogP contribution in [0.25, 0.3) is 11.0 Å². The van der Waals surface area contributed by atoms with Crippen LogP contribution in [0.5, 0.6) is 0 Å². The Hall–Kier alpha value is -1.51. The molecular weight excluding hydrogens is 198 g/mol. The lowest BCUT2D eigenvalue weighted by atomic mass is 10.1. The summed E-state index contributed by atoms with van der Waals surface area (Å²) in [7, 11) is 0. The number of aromatic nitrogens is 2. The van der Waals surface area contributed by atoms with Crippen LogP contribution in [0.3, 0.4) is 0 Å². The molecule has 2 N–H and O–H groups in total. The van der Waals surface area contributed by atoms with Gasteiger partial charge in [-0.1, -0.05) is 25.0 Å². The minimum Gasteiger partial charge on any atom is -0.356 e. The van der Waals surface area contributed by atoms with Gasteiger partial charge >= 0.3 is 0 Å². The number of hydrogen-bond donors (Lipinski definition) is 2. The van der Waals surface area contributed by atoms with Gasteiger partial charge in [0, 0.05) is 6.54 Å². The SMILES string of the molecule is c1ccc2[nH]c(NCC3CCCC3)nc2c1. The lowest BCUT2D eigenvalue weighted by molar-refractivity contribution is 0.578. The van der Waals surface area contributed by atoms with Crippen LogP contribution >= 0.6 is 0 Å². The third-order valence-corrected chi connectivity index (χ3v) is 3.42.